The summed E-state index contributed by atoms with van der Waals surface area (Å²) < 4.78 is 24.8. The van der Waals surface area contributed by atoms with Crippen molar-refractivity contribution in [2.24, 2.45) is 0 Å². The molecule has 0 saturated heterocycles. The van der Waals surface area contributed by atoms with Gasteiger partial charge in [0.05, 0.1) is 0 Å². The molecule has 0 bridgehead atoms. The highest BCUT2D eigenvalue weighted by atomic mass is 32.2. The first kappa shape index (κ1) is 9.62. The number of hydrogen-bond donors (Lipinski definition) is 0. The van der Waals surface area contributed by atoms with Crippen LogP contribution < -0.4 is 0 Å². The van der Waals surface area contributed by atoms with E-state index in [0.29, 0.717) is 0 Å². The van der Waals surface area contributed by atoms with Crippen LogP contribution in [0.1, 0.15) is 0 Å². The lowest BCUT2D eigenvalue weighted by Crippen LogP contribution is -1.93. The number of nitrogens with zero attached hydrogens (tertiary/aromatic N) is 2. The molecule has 15 heavy (non-hydrogen) atoms. The Bertz CT molecular complexity index is 656. The number of diazo groups is 1. The van der Waals surface area contributed by atoms with E-state index >= 15 is 0 Å². The van der Waals surface area contributed by atoms with Crippen molar-refractivity contribution in [2.45, 2.75) is 4.90 Å². The molecule has 0 heterocycles. The Morgan fingerprint density at radius 3 is 2.33 bits per heavy atom. The molecule has 0 unspecified atom stereocenters. The molecule has 0 spiro atoms. The van der Waals surface area contributed by atoms with Gasteiger partial charge in [-0.15, -0.1) is 8.42 Å². The van der Waals surface area contributed by atoms with Crippen LogP contribution in [0.2, 0.25) is 0 Å². The van der Waals surface area contributed by atoms with Crippen molar-refractivity contribution in [3.8, 4) is 0 Å². The number of benzene rings is 2. The van der Waals surface area contributed by atoms with E-state index in [1.165, 1.54) is 12.1 Å². The number of hydrogen-bond acceptors (Lipinski definition) is 3. The Labute approximate surface area is 86.8 Å². The minimum Gasteiger partial charge on any atom is -0.141 e. The lowest BCUT2D eigenvalue weighted by molar-refractivity contribution is 0.603. The summed E-state index contributed by atoms with van der Waals surface area (Å²) >= 11 is 0. The van der Waals surface area contributed by atoms with E-state index in [2.05, 4.69) is 4.38 Å². The Hall–Kier alpha value is -1.93. The summed E-state index contributed by atoms with van der Waals surface area (Å²) in [6.07, 6.45) is 0. The van der Waals surface area contributed by atoms with Crippen LogP contribution in [0.15, 0.2) is 47.4 Å². The standard InChI is InChI=1S/C10H7N2O2S/c11-12-15(13,14)10-6-5-8-3-1-2-4-9(8)7-10/h1-7H/q+1. The van der Waals surface area contributed by atoms with Crippen molar-refractivity contribution < 1.29 is 8.42 Å². The molecule has 0 saturated carbocycles. The van der Waals surface area contributed by atoms with Crippen molar-refractivity contribution in [3.63, 3.8) is 0 Å². The monoisotopic (exact) mass is 219 g/mol. The van der Waals surface area contributed by atoms with Crippen LogP contribution in [0, 0.1) is 5.39 Å². The highest BCUT2D eigenvalue weighted by molar-refractivity contribution is 7.93. The molecule has 0 aliphatic carbocycles. The van der Waals surface area contributed by atoms with E-state index in [4.69, 9.17) is 5.39 Å². The highest BCUT2D eigenvalue weighted by Crippen LogP contribution is 2.19. The minimum absolute atomic E-state index is 0.0105. The van der Waals surface area contributed by atoms with Gasteiger partial charge < -0.3 is 0 Å². The van der Waals surface area contributed by atoms with Gasteiger partial charge in [0.1, 0.15) is 0 Å². The maximum absolute atomic E-state index is 11.2. The molecule has 0 aliphatic heterocycles. The Morgan fingerprint density at radius 1 is 1.00 bits per heavy atom. The van der Waals surface area contributed by atoms with E-state index in [9.17, 15) is 8.42 Å². The van der Waals surface area contributed by atoms with Gasteiger partial charge in [0.2, 0.25) is 5.39 Å². The van der Waals surface area contributed by atoms with Crippen LogP contribution in [0.5, 0.6) is 0 Å². The lowest BCUT2D eigenvalue weighted by Gasteiger charge is -1.95. The molecule has 2 rings (SSSR count). The topological polar surface area (TPSA) is 62.3 Å². The fourth-order valence-corrected chi connectivity index (χ4v) is 1.99. The molecule has 0 aliphatic rings. The molecule has 2 aromatic carbocycles. The van der Waals surface area contributed by atoms with Gasteiger partial charge in [-0.2, -0.15) is 0 Å². The second-order valence-corrected chi connectivity index (χ2v) is 4.65. The summed E-state index contributed by atoms with van der Waals surface area (Å²) in [5.41, 5.74) is 0. The minimum atomic E-state index is -3.91. The molecule has 5 heteroatoms. The van der Waals surface area contributed by atoms with Crippen LogP contribution >= 0.6 is 0 Å². The van der Waals surface area contributed by atoms with E-state index in [-0.39, 0.29) is 4.90 Å². The van der Waals surface area contributed by atoms with Crippen LogP contribution in [0.3, 0.4) is 0 Å². The number of rotatable bonds is 1. The first-order valence-corrected chi connectivity index (χ1v) is 5.68. The summed E-state index contributed by atoms with van der Waals surface area (Å²) in [6.45, 7) is 0. The van der Waals surface area contributed by atoms with Crippen molar-refractivity contribution in [1.29, 1.82) is 5.39 Å². The SMILES string of the molecule is N#[N+]S(=O)(=O)c1ccc2ccccc2c1. The summed E-state index contributed by atoms with van der Waals surface area (Å²) in [5, 5.41) is 10.1. The van der Waals surface area contributed by atoms with Gasteiger partial charge >= 0.3 is 10.0 Å². The smallest absolute Gasteiger partial charge is 0.141 e. The molecule has 74 valence electrons. The summed E-state index contributed by atoms with van der Waals surface area (Å²) in [6, 6.07) is 11.9. The molecule has 4 nitrogen and oxygen atoms in total. The third kappa shape index (κ3) is 1.67. The Morgan fingerprint density at radius 2 is 1.67 bits per heavy atom. The average molecular weight is 219 g/mol. The third-order valence-electron chi connectivity index (χ3n) is 2.13. The zero-order valence-electron chi connectivity index (χ0n) is 7.66. The van der Waals surface area contributed by atoms with Crippen molar-refractivity contribution in [1.82, 2.24) is 0 Å². The maximum atomic E-state index is 11.2. The van der Waals surface area contributed by atoms with E-state index in [0.717, 1.165) is 10.8 Å². The normalized spacial score (nSPS) is 11.1. The van der Waals surface area contributed by atoms with Gasteiger partial charge in [0.25, 0.3) is 4.38 Å². The van der Waals surface area contributed by atoms with Gasteiger partial charge in [0, 0.05) is 0 Å². The summed E-state index contributed by atoms with van der Waals surface area (Å²) in [5.74, 6) is 0. The molecule has 0 atom stereocenters. The largest absolute Gasteiger partial charge is 0.552 e. The van der Waals surface area contributed by atoms with Gasteiger partial charge in [-0.3, -0.25) is 0 Å². The van der Waals surface area contributed by atoms with E-state index in [1.54, 1.807) is 12.1 Å². The average Bonchev–Trinajstić information content (AvgIpc) is 2.28. The molecular formula is C10H7N2O2S+. The molecule has 2 aromatic rings. The zero-order chi connectivity index (χ0) is 10.9. The van der Waals surface area contributed by atoms with Crippen LogP contribution in [-0.4, -0.2) is 8.42 Å². The first-order valence-electron chi connectivity index (χ1n) is 4.24. The molecule has 0 amide bonds. The van der Waals surface area contributed by atoms with Crippen LogP contribution in [0.4, 0.5) is 0 Å². The van der Waals surface area contributed by atoms with Gasteiger partial charge in [-0.1, -0.05) is 30.3 Å². The van der Waals surface area contributed by atoms with Crippen LogP contribution in [0.25, 0.3) is 15.2 Å². The van der Waals surface area contributed by atoms with Gasteiger partial charge in [-0.05, 0) is 22.9 Å². The van der Waals surface area contributed by atoms with E-state index in [1.807, 2.05) is 18.2 Å². The molecule has 0 fully saturated rings. The number of fused-ring (bicyclic) bond motifs is 1. The fraction of sp³-hybridized carbons (Fsp3) is 0. The molecule has 0 aromatic heterocycles. The quantitative estimate of drug-likeness (QED) is 0.692. The second kappa shape index (κ2) is 3.33. The first-order chi connectivity index (χ1) is 7.13. The molecular weight excluding hydrogens is 212 g/mol. The predicted molar refractivity (Wildman–Crippen MR) is 56.2 cm³/mol. The fourth-order valence-electron chi connectivity index (χ4n) is 1.38. The van der Waals surface area contributed by atoms with Crippen molar-refractivity contribution >= 4 is 20.8 Å². The number of sulfonamides is 1. The zero-order valence-corrected chi connectivity index (χ0v) is 8.48. The van der Waals surface area contributed by atoms with Gasteiger partial charge in [0.15, 0.2) is 4.90 Å². The van der Waals surface area contributed by atoms with Crippen molar-refractivity contribution in [3.05, 3.63) is 46.8 Å². The highest BCUT2D eigenvalue weighted by Gasteiger charge is 2.26. The van der Waals surface area contributed by atoms with E-state index < -0.39 is 10.0 Å². The Kier molecular flexibility index (Phi) is 2.14. The molecule has 0 N–H and O–H groups in total. The lowest BCUT2D eigenvalue weighted by atomic mass is 10.1. The van der Waals surface area contributed by atoms with Crippen molar-refractivity contribution in [2.75, 3.05) is 0 Å². The van der Waals surface area contributed by atoms with Crippen LogP contribution in [-0.2, 0) is 10.0 Å². The maximum Gasteiger partial charge on any atom is 0.552 e. The van der Waals surface area contributed by atoms with Gasteiger partial charge in [-0.25, -0.2) is 0 Å². The molecule has 0 radical (unpaired) electrons. The second-order valence-electron chi connectivity index (χ2n) is 3.07. The summed E-state index contributed by atoms with van der Waals surface area (Å²) in [4.78, 5) is -0.0105. The third-order valence-corrected chi connectivity index (χ3v) is 3.19. The summed E-state index contributed by atoms with van der Waals surface area (Å²) in [7, 11) is -3.91. The Balaban J connectivity index is 2.74. The predicted octanol–water partition coefficient (Wildman–Crippen LogP) is 2.38.